The summed E-state index contributed by atoms with van der Waals surface area (Å²) in [6.45, 7) is 3.20. The van der Waals surface area contributed by atoms with Gasteiger partial charge < -0.3 is 14.3 Å². The predicted octanol–water partition coefficient (Wildman–Crippen LogP) is 1.34. The molecular formula is C14H20O5. The monoisotopic (exact) mass is 268 g/mol. The van der Waals surface area contributed by atoms with Gasteiger partial charge in [-0.25, -0.2) is 0 Å². The Bertz CT molecular complexity index is 371. The minimum absolute atomic E-state index is 0.00451. The molecule has 5 nitrogen and oxygen atoms in total. The van der Waals surface area contributed by atoms with Gasteiger partial charge in [-0.1, -0.05) is 0 Å². The summed E-state index contributed by atoms with van der Waals surface area (Å²) in [5.41, 5.74) is -0.369. The van der Waals surface area contributed by atoms with E-state index in [2.05, 4.69) is 0 Å². The van der Waals surface area contributed by atoms with Gasteiger partial charge in [0.25, 0.3) is 0 Å². The molecule has 19 heavy (non-hydrogen) atoms. The first-order valence-electron chi connectivity index (χ1n) is 6.69. The lowest BCUT2D eigenvalue weighted by molar-refractivity contribution is -0.155. The first-order chi connectivity index (χ1) is 8.97. The molecule has 3 atom stereocenters. The topological polar surface area (TPSA) is 69.7 Å². The lowest BCUT2D eigenvalue weighted by Gasteiger charge is -2.38. The fourth-order valence-corrected chi connectivity index (χ4v) is 3.79. The Morgan fingerprint density at radius 2 is 1.74 bits per heavy atom. The first-order valence-corrected chi connectivity index (χ1v) is 6.69. The molecule has 0 aliphatic heterocycles. The fourth-order valence-electron chi connectivity index (χ4n) is 3.79. The van der Waals surface area contributed by atoms with Gasteiger partial charge in [0, 0.05) is 25.2 Å². The maximum absolute atomic E-state index is 11.1. The summed E-state index contributed by atoms with van der Waals surface area (Å²) in [5, 5.41) is 0. The average Bonchev–Trinajstić information content (AvgIpc) is 2.91. The first kappa shape index (κ1) is 14.0. The Hall–Kier alpha value is -1.39. The van der Waals surface area contributed by atoms with Crippen molar-refractivity contribution < 1.29 is 23.9 Å². The van der Waals surface area contributed by atoms with Crippen molar-refractivity contribution in [3.05, 3.63) is 0 Å². The van der Waals surface area contributed by atoms with E-state index in [9.17, 15) is 14.4 Å². The summed E-state index contributed by atoms with van der Waals surface area (Å²) in [5.74, 6) is -0.0369. The van der Waals surface area contributed by atoms with Crippen LogP contribution in [0.3, 0.4) is 0 Å². The molecule has 0 N–H and O–H groups in total. The van der Waals surface area contributed by atoms with Crippen molar-refractivity contribution in [2.24, 2.45) is 23.2 Å². The Morgan fingerprint density at radius 3 is 2.16 bits per heavy atom. The molecule has 0 amide bonds. The zero-order chi connectivity index (χ0) is 14.0. The number of rotatable bonds is 5. The summed E-state index contributed by atoms with van der Waals surface area (Å²) >= 11 is 0. The van der Waals surface area contributed by atoms with Gasteiger partial charge in [0.1, 0.15) is 19.5 Å². The maximum Gasteiger partial charge on any atom is 0.302 e. The molecule has 2 rings (SSSR count). The number of fused-ring (bicyclic) bond motifs is 2. The normalized spacial score (nSPS) is 30.9. The highest BCUT2D eigenvalue weighted by Gasteiger charge is 2.56. The number of carbonyl (C=O) groups is 3. The number of hydrogen-bond acceptors (Lipinski definition) is 5. The quantitative estimate of drug-likeness (QED) is 0.556. The third kappa shape index (κ3) is 2.80. The Kier molecular flexibility index (Phi) is 3.92. The van der Waals surface area contributed by atoms with E-state index < -0.39 is 0 Å². The molecule has 2 aliphatic carbocycles. The third-order valence-electron chi connectivity index (χ3n) is 4.49. The zero-order valence-electron chi connectivity index (χ0n) is 11.4. The van der Waals surface area contributed by atoms with Crippen molar-refractivity contribution >= 4 is 18.2 Å². The molecule has 0 aromatic heterocycles. The van der Waals surface area contributed by atoms with Crippen LogP contribution in [0.25, 0.3) is 0 Å². The van der Waals surface area contributed by atoms with Crippen molar-refractivity contribution in [3.63, 3.8) is 0 Å². The fraction of sp³-hybridized carbons (Fsp3) is 0.786. The smallest absolute Gasteiger partial charge is 0.302 e. The molecular weight excluding hydrogens is 248 g/mol. The maximum atomic E-state index is 11.1. The largest absolute Gasteiger partial charge is 0.465 e. The Labute approximate surface area is 112 Å². The summed E-state index contributed by atoms with van der Waals surface area (Å²) in [6, 6.07) is 0. The van der Waals surface area contributed by atoms with Crippen LogP contribution in [0.15, 0.2) is 0 Å². The summed E-state index contributed by atoms with van der Waals surface area (Å²) < 4.78 is 10.3. The van der Waals surface area contributed by atoms with Crippen LogP contribution >= 0.6 is 0 Å². The molecule has 2 bridgehead atoms. The molecule has 0 spiro atoms. The SMILES string of the molecule is CC(=O)OCC1(COC(C)=O)CC2CC(C=O)C1C2. The van der Waals surface area contributed by atoms with E-state index in [-0.39, 0.29) is 42.4 Å². The van der Waals surface area contributed by atoms with Crippen LogP contribution in [-0.4, -0.2) is 31.4 Å². The van der Waals surface area contributed by atoms with Crippen molar-refractivity contribution in [2.45, 2.75) is 33.1 Å². The van der Waals surface area contributed by atoms with Crippen LogP contribution in [0, 0.1) is 23.2 Å². The molecule has 0 aromatic rings. The van der Waals surface area contributed by atoms with E-state index in [0.29, 0.717) is 5.92 Å². The highest BCUT2D eigenvalue weighted by atomic mass is 16.5. The summed E-state index contributed by atoms with van der Waals surface area (Å²) in [6.07, 6.45) is 3.74. The van der Waals surface area contributed by atoms with Crippen LogP contribution in [0.2, 0.25) is 0 Å². The van der Waals surface area contributed by atoms with Gasteiger partial charge in [-0.15, -0.1) is 0 Å². The lowest BCUT2D eigenvalue weighted by Crippen LogP contribution is -2.42. The van der Waals surface area contributed by atoms with Gasteiger partial charge in [0.15, 0.2) is 0 Å². The number of hydrogen-bond donors (Lipinski definition) is 0. The van der Waals surface area contributed by atoms with Crippen LogP contribution < -0.4 is 0 Å². The van der Waals surface area contributed by atoms with Gasteiger partial charge >= 0.3 is 11.9 Å². The lowest BCUT2D eigenvalue weighted by atomic mass is 9.69. The number of aldehydes is 1. The minimum Gasteiger partial charge on any atom is -0.465 e. The minimum atomic E-state index is -0.369. The highest BCUT2D eigenvalue weighted by molar-refractivity contribution is 5.66. The summed E-state index contributed by atoms with van der Waals surface area (Å²) in [4.78, 5) is 33.2. The molecule has 0 radical (unpaired) electrons. The number of esters is 2. The second-order valence-corrected chi connectivity index (χ2v) is 5.87. The van der Waals surface area contributed by atoms with Crippen LogP contribution in [0.1, 0.15) is 33.1 Å². The van der Waals surface area contributed by atoms with Gasteiger partial charge in [-0.3, -0.25) is 9.59 Å². The molecule has 0 heterocycles. The van der Waals surface area contributed by atoms with E-state index in [1.165, 1.54) is 13.8 Å². The summed E-state index contributed by atoms with van der Waals surface area (Å²) in [7, 11) is 0. The van der Waals surface area contributed by atoms with Crippen LogP contribution in [-0.2, 0) is 23.9 Å². The molecule has 106 valence electrons. The van der Waals surface area contributed by atoms with Crippen molar-refractivity contribution in [1.82, 2.24) is 0 Å². The molecule has 0 aromatic carbocycles. The van der Waals surface area contributed by atoms with Gasteiger partial charge in [-0.05, 0) is 31.1 Å². The van der Waals surface area contributed by atoms with E-state index in [1.54, 1.807) is 0 Å². The second-order valence-electron chi connectivity index (χ2n) is 5.87. The number of ether oxygens (including phenoxy) is 2. The second kappa shape index (κ2) is 5.31. The van der Waals surface area contributed by atoms with Crippen molar-refractivity contribution in [1.29, 1.82) is 0 Å². The van der Waals surface area contributed by atoms with Crippen LogP contribution in [0.4, 0.5) is 0 Å². The van der Waals surface area contributed by atoms with Gasteiger partial charge in [-0.2, -0.15) is 0 Å². The van der Waals surface area contributed by atoms with Crippen molar-refractivity contribution in [3.8, 4) is 0 Å². The van der Waals surface area contributed by atoms with E-state index >= 15 is 0 Å². The average molecular weight is 268 g/mol. The van der Waals surface area contributed by atoms with E-state index in [1.807, 2.05) is 0 Å². The van der Waals surface area contributed by atoms with Gasteiger partial charge in [0.2, 0.25) is 0 Å². The highest BCUT2D eigenvalue weighted by Crippen LogP contribution is 2.58. The van der Waals surface area contributed by atoms with Crippen molar-refractivity contribution in [2.75, 3.05) is 13.2 Å². The van der Waals surface area contributed by atoms with E-state index in [0.717, 1.165) is 25.5 Å². The van der Waals surface area contributed by atoms with Gasteiger partial charge in [0.05, 0.1) is 0 Å². The Morgan fingerprint density at radius 1 is 1.16 bits per heavy atom. The molecule has 3 unspecified atom stereocenters. The zero-order valence-corrected chi connectivity index (χ0v) is 11.4. The Balaban J connectivity index is 2.12. The van der Waals surface area contributed by atoms with Crippen LogP contribution in [0.5, 0.6) is 0 Å². The number of carbonyl (C=O) groups excluding carboxylic acids is 3. The van der Waals surface area contributed by atoms with E-state index in [4.69, 9.17) is 9.47 Å². The third-order valence-corrected chi connectivity index (χ3v) is 4.49. The predicted molar refractivity (Wildman–Crippen MR) is 66.1 cm³/mol. The molecule has 5 heteroatoms. The molecule has 0 saturated heterocycles. The standard InChI is InChI=1S/C14H20O5/c1-9(16)18-7-14(8-19-10(2)17)5-11-3-12(6-15)13(14)4-11/h6,11-13H,3-5,7-8H2,1-2H3. The molecule has 2 fully saturated rings. The molecule has 2 aliphatic rings. The molecule has 2 saturated carbocycles.